The third-order valence-corrected chi connectivity index (χ3v) is 5.20. The lowest BCUT2D eigenvalue weighted by Gasteiger charge is -2.34. The molecule has 6 heteroatoms. The van der Waals surface area contributed by atoms with Crippen LogP contribution in [-0.4, -0.2) is 31.4 Å². The Balaban J connectivity index is 1.66. The van der Waals surface area contributed by atoms with E-state index in [0.29, 0.717) is 5.92 Å². The number of nitrogens with zero attached hydrogens (tertiary/aromatic N) is 4. The molecule has 0 aliphatic carbocycles. The summed E-state index contributed by atoms with van der Waals surface area (Å²) < 4.78 is 0. The van der Waals surface area contributed by atoms with Crippen LogP contribution in [0.15, 0.2) is 35.4 Å². The maximum atomic E-state index is 4.75. The highest BCUT2D eigenvalue weighted by Crippen LogP contribution is 2.35. The molecule has 0 fully saturated rings. The van der Waals surface area contributed by atoms with Crippen LogP contribution < -0.4 is 0 Å². The Morgan fingerprint density at radius 2 is 2.25 bits per heavy atom. The zero-order valence-electron chi connectivity index (χ0n) is 13.9. The second kappa shape index (κ2) is 6.45. The summed E-state index contributed by atoms with van der Waals surface area (Å²) in [6, 6.07) is 4.42. The van der Waals surface area contributed by atoms with Gasteiger partial charge in [0.1, 0.15) is 5.82 Å². The summed E-state index contributed by atoms with van der Waals surface area (Å²) in [5, 5.41) is 4.36. The molecule has 3 aromatic heterocycles. The molecule has 4 heterocycles. The van der Waals surface area contributed by atoms with Crippen molar-refractivity contribution in [1.29, 1.82) is 0 Å². The van der Waals surface area contributed by atoms with Gasteiger partial charge < -0.3 is 4.98 Å². The molecule has 1 N–H and O–H groups in total. The van der Waals surface area contributed by atoms with Crippen molar-refractivity contribution < 1.29 is 0 Å². The van der Waals surface area contributed by atoms with E-state index in [0.717, 1.165) is 36.7 Å². The van der Waals surface area contributed by atoms with Crippen molar-refractivity contribution in [2.75, 3.05) is 6.54 Å². The zero-order chi connectivity index (χ0) is 16.5. The van der Waals surface area contributed by atoms with Crippen LogP contribution in [0.1, 0.15) is 54.3 Å². The van der Waals surface area contributed by atoms with Gasteiger partial charge in [0.25, 0.3) is 0 Å². The lowest BCUT2D eigenvalue weighted by molar-refractivity contribution is 0.198. The fourth-order valence-corrected chi connectivity index (χ4v) is 3.96. The minimum atomic E-state index is 0.198. The standard InChI is InChI=1S/C18H21N5S/c1-12(2)18-19-6-3-14(22-18)9-23-7-4-15-16(21-11-20-15)17(23)13-5-8-24-10-13/h3,5-6,8,10-12,17H,4,7,9H2,1-2H3,(H,20,21). The van der Waals surface area contributed by atoms with E-state index in [2.05, 4.69) is 50.5 Å². The van der Waals surface area contributed by atoms with E-state index in [1.54, 1.807) is 11.3 Å². The molecule has 0 amide bonds. The van der Waals surface area contributed by atoms with Gasteiger partial charge in [0, 0.05) is 37.3 Å². The molecule has 5 nitrogen and oxygen atoms in total. The molecular weight excluding hydrogens is 318 g/mol. The molecular formula is C18H21N5S. The number of aromatic amines is 1. The third kappa shape index (κ3) is 2.87. The molecule has 4 rings (SSSR count). The molecule has 124 valence electrons. The topological polar surface area (TPSA) is 57.7 Å². The maximum Gasteiger partial charge on any atom is 0.131 e. The van der Waals surface area contributed by atoms with Gasteiger partial charge in [-0.1, -0.05) is 13.8 Å². The number of fused-ring (bicyclic) bond motifs is 1. The van der Waals surface area contributed by atoms with Crippen LogP contribution in [0.4, 0.5) is 0 Å². The van der Waals surface area contributed by atoms with Crippen molar-refractivity contribution in [2.45, 2.75) is 38.8 Å². The first-order chi connectivity index (χ1) is 11.7. The van der Waals surface area contributed by atoms with Crippen LogP contribution in [0.2, 0.25) is 0 Å². The number of nitrogens with one attached hydrogen (secondary N) is 1. The molecule has 0 saturated carbocycles. The highest BCUT2D eigenvalue weighted by atomic mass is 32.1. The number of aromatic nitrogens is 4. The summed E-state index contributed by atoms with van der Waals surface area (Å²) >= 11 is 1.73. The van der Waals surface area contributed by atoms with E-state index in [1.165, 1.54) is 11.3 Å². The second-order valence-electron chi connectivity index (χ2n) is 6.51. The number of rotatable bonds is 4. The van der Waals surface area contributed by atoms with Crippen molar-refractivity contribution in [1.82, 2.24) is 24.8 Å². The first-order valence-corrected chi connectivity index (χ1v) is 9.26. The van der Waals surface area contributed by atoms with Crippen LogP contribution in [0.3, 0.4) is 0 Å². The summed E-state index contributed by atoms with van der Waals surface area (Å²) in [5.41, 5.74) is 4.80. The van der Waals surface area contributed by atoms with Gasteiger partial charge >= 0.3 is 0 Å². The smallest absolute Gasteiger partial charge is 0.131 e. The van der Waals surface area contributed by atoms with Crippen molar-refractivity contribution in [3.63, 3.8) is 0 Å². The number of hydrogen-bond donors (Lipinski definition) is 1. The fraction of sp³-hybridized carbons (Fsp3) is 0.389. The van der Waals surface area contributed by atoms with E-state index in [1.807, 2.05) is 18.6 Å². The summed E-state index contributed by atoms with van der Waals surface area (Å²) in [7, 11) is 0. The van der Waals surface area contributed by atoms with Crippen molar-refractivity contribution in [2.24, 2.45) is 0 Å². The molecule has 0 radical (unpaired) electrons. The van der Waals surface area contributed by atoms with Crippen LogP contribution >= 0.6 is 11.3 Å². The van der Waals surface area contributed by atoms with E-state index in [-0.39, 0.29) is 6.04 Å². The number of hydrogen-bond acceptors (Lipinski definition) is 5. The first-order valence-electron chi connectivity index (χ1n) is 8.32. The Hall–Kier alpha value is -2.05. The zero-order valence-corrected chi connectivity index (χ0v) is 14.8. The van der Waals surface area contributed by atoms with Gasteiger partial charge in [0.15, 0.2) is 0 Å². The van der Waals surface area contributed by atoms with Gasteiger partial charge in [-0.15, -0.1) is 0 Å². The molecule has 0 saturated heterocycles. The summed E-state index contributed by atoms with van der Waals surface area (Å²) in [6.07, 6.45) is 4.69. The number of imidazole rings is 1. The molecule has 1 aliphatic rings. The Morgan fingerprint density at radius 1 is 1.33 bits per heavy atom. The lowest BCUT2D eigenvalue weighted by atomic mass is 9.97. The van der Waals surface area contributed by atoms with Crippen molar-refractivity contribution in [3.05, 3.63) is 63.9 Å². The predicted octanol–water partition coefficient (Wildman–Crippen LogP) is 3.53. The highest BCUT2D eigenvalue weighted by molar-refractivity contribution is 7.08. The molecule has 3 aromatic rings. The third-order valence-electron chi connectivity index (χ3n) is 4.50. The van der Waals surface area contributed by atoms with Gasteiger partial charge in [0.05, 0.1) is 23.8 Å². The summed E-state index contributed by atoms with van der Waals surface area (Å²) in [4.78, 5) is 19.5. The average molecular weight is 339 g/mol. The largest absolute Gasteiger partial charge is 0.348 e. The molecule has 24 heavy (non-hydrogen) atoms. The molecule has 0 bridgehead atoms. The minimum Gasteiger partial charge on any atom is -0.348 e. The predicted molar refractivity (Wildman–Crippen MR) is 95.0 cm³/mol. The van der Waals surface area contributed by atoms with E-state index < -0.39 is 0 Å². The molecule has 1 aliphatic heterocycles. The van der Waals surface area contributed by atoms with Crippen molar-refractivity contribution >= 4 is 11.3 Å². The normalized spacial score (nSPS) is 18.0. The molecule has 1 unspecified atom stereocenters. The molecule has 0 spiro atoms. The second-order valence-corrected chi connectivity index (χ2v) is 7.29. The van der Waals surface area contributed by atoms with Crippen molar-refractivity contribution in [3.8, 4) is 0 Å². The van der Waals surface area contributed by atoms with Crippen LogP contribution in [0.5, 0.6) is 0 Å². The Morgan fingerprint density at radius 3 is 3.04 bits per heavy atom. The fourth-order valence-electron chi connectivity index (χ4n) is 3.28. The van der Waals surface area contributed by atoms with Gasteiger partial charge in [-0.2, -0.15) is 11.3 Å². The van der Waals surface area contributed by atoms with Crippen LogP contribution in [0, 0.1) is 0 Å². The van der Waals surface area contributed by atoms with Crippen LogP contribution in [-0.2, 0) is 13.0 Å². The van der Waals surface area contributed by atoms with Gasteiger partial charge in [-0.25, -0.2) is 15.0 Å². The Labute approximate surface area is 145 Å². The maximum absolute atomic E-state index is 4.75. The lowest BCUT2D eigenvalue weighted by Crippen LogP contribution is -2.36. The van der Waals surface area contributed by atoms with Gasteiger partial charge in [-0.05, 0) is 28.5 Å². The molecule has 0 aromatic carbocycles. The van der Waals surface area contributed by atoms with E-state index >= 15 is 0 Å². The average Bonchev–Trinajstić information content (AvgIpc) is 3.26. The van der Waals surface area contributed by atoms with Gasteiger partial charge in [0.2, 0.25) is 0 Å². The summed E-state index contributed by atoms with van der Waals surface area (Å²) in [5.74, 6) is 1.26. The van der Waals surface area contributed by atoms with Gasteiger partial charge in [-0.3, -0.25) is 4.90 Å². The Kier molecular flexibility index (Phi) is 4.16. The first kappa shape index (κ1) is 15.5. The van der Waals surface area contributed by atoms with E-state index in [4.69, 9.17) is 4.98 Å². The minimum absolute atomic E-state index is 0.198. The number of thiophene rings is 1. The molecule has 1 atom stereocenters. The Bertz CT molecular complexity index is 808. The SMILES string of the molecule is CC(C)c1nccc(CN2CCc3[nH]cnc3C2c2ccsc2)n1. The number of H-pyrrole nitrogens is 1. The van der Waals surface area contributed by atoms with Crippen LogP contribution in [0.25, 0.3) is 0 Å². The quantitative estimate of drug-likeness (QED) is 0.790. The monoisotopic (exact) mass is 339 g/mol. The summed E-state index contributed by atoms with van der Waals surface area (Å²) in [6.45, 7) is 6.07. The van der Waals surface area contributed by atoms with E-state index in [9.17, 15) is 0 Å². The highest BCUT2D eigenvalue weighted by Gasteiger charge is 2.31.